The van der Waals surface area contributed by atoms with Crippen LogP contribution in [0.3, 0.4) is 0 Å². The minimum Gasteiger partial charge on any atom is -0.486 e. The van der Waals surface area contributed by atoms with E-state index in [0.29, 0.717) is 32.2 Å². The van der Waals surface area contributed by atoms with Gasteiger partial charge >= 0.3 is 6.09 Å². The Balaban J connectivity index is 1.36. The van der Waals surface area contributed by atoms with Crippen LogP contribution in [0, 0.1) is 5.92 Å². The Bertz CT molecular complexity index is 1080. The molecular formula is C27H36N4O4. The highest BCUT2D eigenvalue weighted by Gasteiger charge is 2.25. The van der Waals surface area contributed by atoms with Gasteiger partial charge in [0.2, 0.25) is 0 Å². The summed E-state index contributed by atoms with van der Waals surface area (Å²) in [5.41, 5.74) is 2.67. The van der Waals surface area contributed by atoms with Gasteiger partial charge in [0.15, 0.2) is 11.5 Å². The maximum atomic E-state index is 12.3. The quantitative estimate of drug-likeness (QED) is 0.614. The Kier molecular flexibility index (Phi) is 7.48. The summed E-state index contributed by atoms with van der Waals surface area (Å²) in [5.74, 6) is 3.10. The van der Waals surface area contributed by atoms with Crippen LogP contribution >= 0.6 is 0 Å². The van der Waals surface area contributed by atoms with Gasteiger partial charge in [0.05, 0.1) is 5.69 Å². The van der Waals surface area contributed by atoms with E-state index in [1.165, 1.54) is 5.56 Å². The summed E-state index contributed by atoms with van der Waals surface area (Å²) in [6, 6.07) is 8.09. The molecule has 1 amide bonds. The van der Waals surface area contributed by atoms with Crippen molar-refractivity contribution < 1.29 is 19.0 Å². The highest BCUT2D eigenvalue weighted by molar-refractivity contribution is 5.72. The Hall–Kier alpha value is -3.29. The van der Waals surface area contributed by atoms with Crippen LogP contribution in [0.25, 0.3) is 5.57 Å². The largest absolute Gasteiger partial charge is 0.486 e. The van der Waals surface area contributed by atoms with E-state index in [1.54, 1.807) is 11.2 Å². The second kappa shape index (κ2) is 10.5. The van der Waals surface area contributed by atoms with E-state index < -0.39 is 5.60 Å². The minimum atomic E-state index is -0.496. The molecule has 1 unspecified atom stereocenters. The van der Waals surface area contributed by atoms with E-state index in [-0.39, 0.29) is 12.0 Å². The van der Waals surface area contributed by atoms with Gasteiger partial charge in [0.1, 0.15) is 31.0 Å². The molecule has 0 aliphatic carbocycles. The van der Waals surface area contributed by atoms with Crippen molar-refractivity contribution in [3.63, 3.8) is 0 Å². The van der Waals surface area contributed by atoms with Crippen molar-refractivity contribution in [2.45, 2.75) is 52.6 Å². The molecule has 188 valence electrons. The molecule has 0 spiro atoms. The predicted molar refractivity (Wildman–Crippen MR) is 136 cm³/mol. The number of nitrogens with zero attached hydrogens (tertiary/aromatic N) is 3. The first-order chi connectivity index (χ1) is 16.7. The fraction of sp³-hybridized carbons (Fsp3) is 0.519. The van der Waals surface area contributed by atoms with Crippen LogP contribution in [-0.4, -0.2) is 59.4 Å². The fourth-order valence-corrected chi connectivity index (χ4v) is 4.23. The summed E-state index contributed by atoms with van der Waals surface area (Å²) >= 11 is 0. The number of nitrogens with one attached hydrogen (secondary N) is 1. The first-order valence-electron chi connectivity index (χ1n) is 12.3. The van der Waals surface area contributed by atoms with Crippen molar-refractivity contribution in [1.29, 1.82) is 0 Å². The first-order valence-corrected chi connectivity index (χ1v) is 12.3. The third-order valence-corrected chi connectivity index (χ3v) is 6.40. The maximum absolute atomic E-state index is 12.3. The standard InChI is InChI=1S/C27H36N4O4/c1-18(19(2)21-7-6-8-23-25(21)34-14-13-33-23)16-28-24-15-22(29-17-30-24)20-9-11-31(12-10-20)26(32)35-27(3,4)5/h6-9,15,17-19H,10-14,16H2,1-5H3,(H,28,29,30)/t18-,19?/m1/s1. The number of para-hydroxylation sites is 1. The molecule has 1 aromatic heterocycles. The lowest BCUT2D eigenvalue weighted by Crippen LogP contribution is -2.39. The topological polar surface area (TPSA) is 85.8 Å². The predicted octanol–water partition coefficient (Wildman–Crippen LogP) is 5.12. The van der Waals surface area contributed by atoms with Crippen LogP contribution in [0.1, 0.15) is 58.2 Å². The average Bonchev–Trinajstić information content (AvgIpc) is 2.85. The molecule has 8 nitrogen and oxygen atoms in total. The molecule has 8 heteroatoms. The van der Waals surface area contributed by atoms with Crippen LogP contribution in [0.5, 0.6) is 11.5 Å². The van der Waals surface area contributed by atoms with Crippen molar-refractivity contribution >= 4 is 17.5 Å². The van der Waals surface area contributed by atoms with Gasteiger partial charge in [-0.1, -0.05) is 32.1 Å². The van der Waals surface area contributed by atoms with Crippen LogP contribution in [0.4, 0.5) is 10.6 Å². The van der Waals surface area contributed by atoms with E-state index in [1.807, 2.05) is 45.0 Å². The highest BCUT2D eigenvalue weighted by Crippen LogP contribution is 2.40. The lowest BCUT2D eigenvalue weighted by atomic mass is 9.88. The molecule has 0 saturated carbocycles. The number of hydrogen-bond acceptors (Lipinski definition) is 7. The molecule has 1 aromatic carbocycles. The summed E-state index contributed by atoms with van der Waals surface area (Å²) in [5, 5.41) is 3.47. The summed E-state index contributed by atoms with van der Waals surface area (Å²) in [6.07, 6.45) is 4.08. The molecular weight excluding hydrogens is 444 g/mol. The zero-order chi connectivity index (χ0) is 25.0. The SMILES string of the molecule is CC(c1cccc2c1OCCO2)[C@H](C)CNc1cc(C2=CCN(C(=O)OC(C)(C)C)CC2)ncn1. The van der Waals surface area contributed by atoms with E-state index in [4.69, 9.17) is 14.2 Å². The molecule has 2 aliphatic heterocycles. The van der Waals surface area contributed by atoms with Crippen molar-refractivity contribution in [2.24, 2.45) is 5.92 Å². The smallest absolute Gasteiger partial charge is 0.410 e. The zero-order valence-corrected chi connectivity index (χ0v) is 21.3. The van der Waals surface area contributed by atoms with Crippen LogP contribution in [-0.2, 0) is 4.74 Å². The van der Waals surface area contributed by atoms with E-state index in [0.717, 1.165) is 41.5 Å². The molecule has 2 aliphatic rings. The lowest BCUT2D eigenvalue weighted by Gasteiger charge is -2.29. The summed E-state index contributed by atoms with van der Waals surface area (Å²) in [6.45, 7) is 13.1. The molecule has 2 aromatic rings. The van der Waals surface area contributed by atoms with Gasteiger partial charge in [-0.2, -0.15) is 0 Å². The molecule has 2 atom stereocenters. The Morgan fingerprint density at radius 3 is 2.74 bits per heavy atom. The van der Waals surface area contributed by atoms with Crippen LogP contribution in [0.15, 0.2) is 36.7 Å². The van der Waals surface area contributed by atoms with E-state index in [2.05, 4.69) is 35.2 Å². The molecule has 35 heavy (non-hydrogen) atoms. The molecule has 1 N–H and O–H groups in total. The number of anilines is 1. The lowest BCUT2D eigenvalue weighted by molar-refractivity contribution is 0.0270. The Morgan fingerprint density at radius 2 is 2.00 bits per heavy atom. The molecule has 3 heterocycles. The van der Waals surface area contributed by atoms with Crippen molar-refractivity contribution in [3.8, 4) is 11.5 Å². The van der Waals surface area contributed by atoms with E-state index in [9.17, 15) is 4.79 Å². The van der Waals surface area contributed by atoms with Gasteiger partial charge < -0.3 is 24.4 Å². The number of rotatable bonds is 6. The number of carbonyl (C=O) groups is 1. The van der Waals surface area contributed by atoms with E-state index >= 15 is 0 Å². The second-order valence-corrected chi connectivity index (χ2v) is 10.2. The molecule has 0 saturated heterocycles. The normalized spacial score (nSPS) is 17.3. The van der Waals surface area contributed by atoms with Crippen molar-refractivity contribution in [2.75, 3.05) is 38.2 Å². The number of benzene rings is 1. The zero-order valence-electron chi connectivity index (χ0n) is 21.3. The summed E-state index contributed by atoms with van der Waals surface area (Å²) < 4.78 is 17.1. The fourth-order valence-electron chi connectivity index (χ4n) is 4.23. The van der Waals surface area contributed by atoms with Crippen molar-refractivity contribution in [1.82, 2.24) is 14.9 Å². The monoisotopic (exact) mass is 480 g/mol. The van der Waals surface area contributed by atoms with Gasteiger partial charge in [0.25, 0.3) is 0 Å². The number of fused-ring (bicyclic) bond motifs is 1. The molecule has 0 bridgehead atoms. The summed E-state index contributed by atoms with van der Waals surface area (Å²) in [4.78, 5) is 22.9. The van der Waals surface area contributed by atoms with Gasteiger partial charge in [-0.25, -0.2) is 14.8 Å². The number of aromatic nitrogens is 2. The number of ether oxygens (including phenoxy) is 3. The molecule has 0 radical (unpaired) electrons. The Labute approximate surface area is 207 Å². The van der Waals surface area contributed by atoms with Gasteiger partial charge in [-0.15, -0.1) is 0 Å². The van der Waals surface area contributed by atoms with Gasteiger partial charge in [0, 0.05) is 31.3 Å². The molecule has 0 fully saturated rings. The first kappa shape index (κ1) is 24.8. The Morgan fingerprint density at radius 1 is 1.20 bits per heavy atom. The third kappa shape index (κ3) is 6.24. The third-order valence-electron chi connectivity index (χ3n) is 6.40. The maximum Gasteiger partial charge on any atom is 0.410 e. The number of hydrogen-bond donors (Lipinski definition) is 1. The summed E-state index contributed by atoms with van der Waals surface area (Å²) in [7, 11) is 0. The molecule has 4 rings (SSSR count). The van der Waals surface area contributed by atoms with Gasteiger partial charge in [-0.3, -0.25) is 0 Å². The minimum absolute atomic E-state index is 0.278. The second-order valence-electron chi connectivity index (χ2n) is 10.2. The van der Waals surface area contributed by atoms with Crippen LogP contribution < -0.4 is 14.8 Å². The van der Waals surface area contributed by atoms with Crippen molar-refractivity contribution in [3.05, 3.63) is 47.9 Å². The van der Waals surface area contributed by atoms with Crippen LogP contribution in [0.2, 0.25) is 0 Å². The number of carbonyl (C=O) groups excluding carboxylic acids is 1. The average molecular weight is 481 g/mol. The highest BCUT2D eigenvalue weighted by atomic mass is 16.6. The number of amides is 1. The van der Waals surface area contributed by atoms with Gasteiger partial charge in [-0.05, 0) is 50.7 Å².